The first kappa shape index (κ1) is 16.4. The van der Waals surface area contributed by atoms with E-state index in [0.29, 0.717) is 26.3 Å². The number of benzene rings is 1. The van der Waals surface area contributed by atoms with Crippen LogP contribution in [0.5, 0.6) is 0 Å². The monoisotopic (exact) mass is 333 g/mol. The lowest BCUT2D eigenvalue weighted by Gasteiger charge is -2.38. The zero-order valence-electron chi connectivity index (χ0n) is 13.6. The van der Waals surface area contributed by atoms with Crippen molar-refractivity contribution in [2.24, 2.45) is 0 Å². The van der Waals surface area contributed by atoms with Gasteiger partial charge in [0.2, 0.25) is 5.91 Å². The molecule has 1 aromatic heterocycles. The predicted molar refractivity (Wildman–Crippen MR) is 92.8 cm³/mol. The fraction of sp³-hybridized carbons (Fsp3) is 0.529. The van der Waals surface area contributed by atoms with E-state index in [9.17, 15) is 4.79 Å². The topological polar surface area (TPSA) is 54.5 Å². The summed E-state index contributed by atoms with van der Waals surface area (Å²) in [6.45, 7) is 6.66. The van der Waals surface area contributed by atoms with Crippen LogP contribution >= 0.6 is 11.3 Å². The Morgan fingerprint density at radius 1 is 1.35 bits per heavy atom. The molecule has 5 nitrogen and oxygen atoms in total. The van der Waals surface area contributed by atoms with Gasteiger partial charge in [0.15, 0.2) is 0 Å². The van der Waals surface area contributed by atoms with Gasteiger partial charge >= 0.3 is 0 Å². The molecule has 3 rings (SSSR count). The van der Waals surface area contributed by atoms with Crippen molar-refractivity contribution in [2.45, 2.75) is 32.4 Å². The second kappa shape index (κ2) is 7.38. The van der Waals surface area contributed by atoms with Gasteiger partial charge in [-0.15, -0.1) is 11.3 Å². The molecule has 1 fully saturated rings. The Labute approximate surface area is 140 Å². The largest absolute Gasteiger partial charge is 0.378 e. The molecule has 0 aliphatic carbocycles. The summed E-state index contributed by atoms with van der Waals surface area (Å²) in [7, 11) is 0. The van der Waals surface area contributed by atoms with Gasteiger partial charge in [-0.05, 0) is 26.0 Å². The molecular weight excluding hydrogens is 310 g/mol. The first-order valence-corrected chi connectivity index (χ1v) is 8.90. The minimum Gasteiger partial charge on any atom is -0.378 e. The van der Waals surface area contributed by atoms with E-state index < -0.39 is 0 Å². The first-order valence-electron chi connectivity index (χ1n) is 8.08. The lowest BCUT2D eigenvalue weighted by molar-refractivity contribution is -0.126. The molecule has 0 spiro atoms. The highest BCUT2D eigenvalue weighted by atomic mass is 32.1. The van der Waals surface area contributed by atoms with Crippen LogP contribution in [0, 0.1) is 0 Å². The van der Waals surface area contributed by atoms with Gasteiger partial charge in [0, 0.05) is 25.0 Å². The summed E-state index contributed by atoms with van der Waals surface area (Å²) in [4.78, 5) is 18.9. The zero-order chi connectivity index (χ0) is 16.2. The molecule has 0 unspecified atom stereocenters. The van der Waals surface area contributed by atoms with E-state index in [4.69, 9.17) is 4.74 Å². The number of hydrogen-bond donors (Lipinski definition) is 1. The van der Waals surface area contributed by atoms with E-state index in [1.165, 1.54) is 4.70 Å². The third-order valence-corrected chi connectivity index (χ3v) is 5.27. The smallest absolute Gasteiger partial charge is 0.234 e. The van der Waals surface area contributed by atoms with Crippen LogP contribution in [0.15, 0.2) is 24.3 Å². The maximum atomic E-state index is 12.2. The lowest BCUT2D eigenvalue weighted by Crippen LogP contribution is -2.53. The molecule has 2 heterocycles. The Bertz CT molecular complexity index is 630. The molecule has 0 bridgehead atoms. The Balaban J connectivity index is 1.47. The molecule has 1 aromatic carbocycles. The summed E-state index contributed by atoms with van der Waals surface area (Å²) in [5.74, 6) is 0.0757. The molecule has 0 radical (unpaired) electrons. The summed E-state index contributed by atoms with van der Waals surface area (Å²) in [6.07, 6.45) is 0.777. The number of nitrogens with one attached hydrogen (secondary N) is 1. The molecule has 1 saturated heterocycles. The molecular formula is C17H23N3O2S. The summed E-state index contributed by atoms with van der Waals surface area (Å²) < 4.78 is 6.69. The summed E-state index contributed by atoms with van der Waals surface area (Å²) in [5, 5.41) is 4.08. The molecule has 1 N–H and O–H groups in total. The zero-order valence-corrected chi connectivity index (χ0v) is 14.4. The van der Waals surface area contributed by atoms with Gasteiger partial charge in [-0.2, -0.15) is 0 Å². The number of thiazole rings is 1. The molecule has 0 saturated carbocycles. The van der Waals surface area contributed by atoms with Crippen molar-refractivity contribution < 1.29 is 9.53 Å². The predicted octanol–water partition coefficient (Wildman–Crippen LogP) is 2.06. The van der Waals surface area contributed by atoms with E-state index >= 15 is 0 Å². The van der Waals surface area contributed by atoms with Gasteiger partial charge in [-0.25, -0.2) is 4.98 Å². The average Bonchev–Trinajstić information content (AvgIpc) is 2.94. The Kier molecular flexibility index (Phi) is 5.25. The number of para-hydroxylation sites is 1. The second-order valence-electron chi connectivity index (χ2n) is 6.08. The van der Waals surface area contributed by atoms with Gasteiger partial charge in [0.05, 0.1) is 35.0 Å². The number of hydrogen-bond acceptors (Lipinski definition) is 5. The number of rotatable bonds is 5. The number of aromatic nitrogens is 1. The second-order valence-corrected chi connectivity index (χ2v) is 7.20. The van der Waals surface area contributed by atoms with Crippen LogP contribution in [0.1, 0.15) is 18.9 Å². The van der Waals surface area contributed by atoms with Crippen LogP contribution in [-0.2, 0) is 16.0 Å². The van der Waals surface area contributed by atoms with Gasteiger partial charge < -0.3 is 10.1 Å². The van der Waals surface area contributed by atoms with Crippen LogP contribution < -0.4 is 5.32 Å². The summed E-state index contributed by atoms with van der Waals surface area (Å²) in [5.41, 5.74) is 1.04. The minimum atomic E-state index is 0.0757. The lowest BCUT2D eigenvalue weighted by atomic mass is 10.2. The molecule has 23 heavy (non-hydrogen) atoms. The highest BCUT2D eigenvalue weighted by molar-refractivity contribution is 7.18. The van der Waals surface area contributed by atoms with Gasteiger partial charge in [-0.3, -0.25) is 9.69 Å². The van der Waals surface area contributed by atoms with Crippen LogP contribution in [0.4, 0.5) is 0 Å². The molecule has 2 aromatic rings. The molecule has 1 aliphatic rings. The number of fused-ring (bicyclic) bond motifs is 1. The highest BCUT2D eigenvalue weighted by Gasteiger charge is 2.26. The van der Waals surface area contributed by atoms with Crippen molar-refractivity contribution >= 4 is 27.5 Å². The van der Waals surface area contributed by atoms with Crippen LogP contribution in [0.25, 0.3) is 10.2 Å². The molecule has 1 amide bonds. The van der Waals surface area contributed by atoms with Crippen molar-refractivity contribution in [1.82, 2.24) is 15.2 Å². The fourth-order valence-corrected chi connectivity index (χ4v) is 3.87. The molecule has 1 aliphatic heterocycles. The Morgan fingerprint density at radius 2 is 2.09 bits per heavy atom. The quantitative estimate of drug-likeness (QED) is 0.910. The van der Waals surface area contributed by atoms with Crippen molar-refractivity contribution in [2.75, 3.05) is 26.3 Å². The number of ether oxygens (including phenoxy) is 1. The van der Waals surface area contributed by atoms with Crippen molar-refractivity contribution in [3.63, 3.8) is 0 Å². The van der Waals surface area contributed by atoms with Crippen LogP contribution in [-0.4, -0.2) is 54.2 Å². The number of carbonyl (C=O) groups excluding carboxylic acids is 1. The maximum Gasteiger partial charge on any atom is 0.234 e. The van der Waals surface area contributed by atoms with E-state index in [-0.39, 0.29) is 18.0 Å². The van der Waals surface area contributed by atoms with Crippen LogP contribution in [0.3, 0.4) is 0 Å². The number of nitrogens with zero attached hydrogens (tertiary/aromatic N) is 2. The van der Waals surface area contributed by atoms with Gasteiger partial charge in [0.1, 0.15) is 0 Å². The fourth-order valence-electron chi connectivity index (χ4n) is 2.90. The average molecular weight is 333 g/mol. The van der Waals surface area contributed by atoms with Gasteiger partial charge in [-0.1, -0.05) is 12.1 Å². The van der Waals surface area contributed by atoms with E-state index in [1.54, 1.807) is 11.3 Å². The van der Waals surface area contributed by atoms with E-state index in [1.807, 2.05) is 18.2 Å². The first-order chi connectivity index (χ1) is 11.1. The molecule has 6 heteroatoms. The highest BCUT2D eigenvalue weighted by Crippen LogP contribution is 2.21. The van der Waals surface area contributed by atoms with Gasteiger partial charge in [0.25, 0.3) is 0 Å². The Morgan fingerprint density at radius 3 is 2.83 bits per heavy atom. The molecule has 2 atom stereocenters. The Hall–Kier alpha value is -1.50. The SMILES string of the molecule is C[C@@H]1COC[C@H](C)N1CC(=O)NCCc1nc2ccccc2s1. The number of morpholine rings is 1. The normalized spacial score (nSPS) is 22.3. The summed E-state index contributed by atoms with van der Waals surface area (Å²) in [6, 6.07) is 8.70. The van der Waals surface area contributed by atoms with Crippen molar-refractivity contribution in [3.8, 4) is 0 Å². The van der Waals surface area contributed by atoms with Crippen LogP contribution in [0.2, 0.25) is 0 Å². The van der Waals surface area contributed by atoms with Crippen molar-refractivity contribution in [3.05, 3.63) is 29.3 Å². The third kappa shape index (κ3) is 4.07. The van der Waals surface area contributed by atoms with E-state index in [0.717, 1.165) is 16.9 Å². The standard InChI is InChI=1S/C17H23N3O2S/c1-12-10-22-11-13(2)20(12)9-16(21)18-8-7-17-19-14-5-3-4-6-15(14)23-17/h3-6,12-13H,7-11H2,1-2H3,(H,18,21)/t12-,13+. The van der Waals surface area contributed by atoms with E-state index in [2.05, 4.69) is 35.1 Å². The number of amides is 1. The minimum absolute atomic E-state index is 0.0757. The third-order valence-electron chi connectivity index (χ3n) is 4.18. The summed E-state index contributed by atoms with van der Waals surface area (Å²) >= 11 is 1.70. The number of carbonyl (C=O) groups is 1. The maximum absolute atomic E-state index is 12.2. The van der Waals surface area contributed by atoms with Crippen molar-refractivity contribution in [1.29, 1.82) is 0 Å². The molecule has 124 valence electrons.